The maximum atomic E-state index is 12.2. The molecule has 1 aliphatic heterocycles. The summed E-state index contributed by atoms with van der Waals surface area (Å²) in [5.74, 6) is 0.110. The third-order valence-electron chi connectivity index (χ3n) is 3.13. The number of thiazole rings is 1. The predicted molar refractivity (Wildman–Crippen MR) is 69.5 cm³/mol. The third-order valence-corrected chi connectivity index (χ3v) is 4.18. The van der Waals surface area contributed by atoms with Gasteiger partial charge in [0.15, 0.2) is 0 Å². The number of carbonyl (C=O) groups is 1. The number of hydrogen-bond donors (Lipinski definition) is 1. The summed E-state index contributed by atoms with van der Waals surface area (Å²) in [6, 6.07) is 0.333. The number of rotatable bonds is 4. The number of amides is 1. The molecular formula is C12H19N3OS. The van der Waals surface area contributed by atoms with Crippen LogP contribution in [-0.2, 0) is 6.42 Å². The van der Waals surface area contributed by atoms with Gasteiger partial charge in [0.25, 0.3) is 5.91 Å². The highest BCUT2D eigenvalue weighted by atomic mass is 32.1. The minimum atomic E-state index is 0.110. The molecule has 1 fully saturated rings. The fourth-order valence-corrected chi connectivity index (χ4v) is 3.05. The van der Waals surface area contributed by atoms with Crippen molar-refractivity contribution >= 4 is 17.2 Å². The lowest BCUT2D eigenvalue weighted by Crippen LogP contribution is -2.37. The largest absolute Gasteiger partial charge is 0.337 e. The average molecular weight is 253 g/mol. The van der Waals surface area contributed by atoms with Crippen LogP contribution in [0.2, 0.25) is 0 Å². The summed E-state index contributed by atoms with van der Waals surface area (Å²) in [7, 11) is 1.89. The topological polar surface area (TPSA) is 45.2 Å². The monoisotopic (exact) mass is 253 g/mol. The van der Waals surface area contributed by atoms with Crippen molar-refractivity contribution in [1.29, 1.82) is 0 Å². The van der Waals surface area contributed by atoms with Gasteiger partial charge in [-0.1, -0.05) is 6.92 Å². The van der Waals surface area contributed by atoms with Gasteiger partial charge in [-0.25, -0.2) is 4.98 Å². The number of hydrogen-bond acceptors (Lipinski definition) is 4. The maximum absolute atomic E-state index is 12.2. The Bertz CT molecular complexity index is 385. The van der Waals surface area contributed by atoms with Gasteiger partial charge in [-0.15, -0.1) is 11.3 Å². The highest BCUT2D eigenvalue weighted by molar-refractivity contribution is 7.13. The van der Waals surface area contributed by atoms with E-state index in [9.17, 15) is 4.79 Å². The van der Waals surface area contributed by atoms with Crippen molar-refractivity contribution in [2.24, 2.45) is 0 Å². The quantitative estimate of drug-likeness (QED) is 0.885. The second-order valence-electron chi connectivity index (χ2n) is 4.43. The van der Waals surface area contributed by atoms with Crippen LogP contribution < -0.4 is 5.32 Å². The van der Waals surface area contributed by atoms with Crippen molar-refractivity contribution in [1.82, 2.24) is 15.2 Å². The summed E-state index contributed by atoms with van der Waals surface area (Å²) in [5, 5.41) is 4.34. The second kappa shape index (κ2) is 5.60. The molecule has 4 nitrogen and oxygen atoms in total. The van der Waals surface area contributed by atoms with Crippen LogP contribution in [0.4, 0.5) is 0 Å². The van der Waals surface area contributed by atoms with E-state index < -0.39 is 0 Å². The first kappa shape index (κ1) is 12.5. The molecule has 1 aliphatic rings. The summed E-state index contributed by atoms with van der Waals surface area (Å²) in [6.45, 7) is 4.04. The molecular weight excluding hydrogens is 234 g/mol. The zero-order chi connectivity index (χ0) is 12.3. The fraction of sp³-hybridized carbons (Fsp3) is 0.667. The van der Waals surface area contributed by atoms with Crippen molar-refractivity contribution in [2.75, 3.05) is 20.1 Å². The van der Waals surface area contributed by atoms with Gasteiger partial charge in [-0.2, -0.15) is 0 Å². The molecule has 94 valence electrons. The molecule has 1 unspecified atom stereocenters. The van der Waals surface area contributed by atoms with E-state index in [-0.39, 0.29) is 5.91 Å². The van der Waals surface area contributed by atoms with Crippen LogP contribution in [0.3, 0.4) is 0 Å². The van der Waals surface area contributed by atoms with Gasteiger partial charge in [0, 0.05) is 19.6 Å². The van der Waals surface area contributed by atoms with E-state index in [2.05, 4.69) is 17.2 Å². The highest BCUT2D eigenvalue weighted by Gasteiger charge is 2.25. The zero-order valence-corrected chi connectivity index (χ0v) is 11.2. The molecule has 0 bridgehead atoms. The van der Waals surface area contributed by atoms with Crippen LogP contribution in [0.15, 0.2) is 6.20 Å². The molecule has 0 aromatic carbocycles. The van der Waals surface area contributed by atoms with E-state index in [1.54, 1.807) is 6.20 Å². The standard InChI is InChI=1S/C12H19N3OS/c1-3-4-11-14-8-10(17-11)12(16)15(2)9-5-6-13-7-9/h8-9,13H,3-7H2,1-2H3. The molecule has 0 aliphatic carbocycles. The number of aromatic nitrogens is 1. The molecule has 1 saturated heterocycles. The molecule has 1 N–H and O–H groups in total. The van der Waals surface area contributed by atoms with Crippen LogP contribution in [0.1, 0.15) is 34.4 Å². The van der Waals surface area contributed by atoms with Crippen molar-refractivity contribution in [2.45, 2.75) is 32.2 Å². The molecule has 1 amide bonds. The van der Waals surface area contributed by atoms with Crippen LogP contribution in [-0.4, -0.2) is 42.0 Å². The average Bonchev–Trinajstić information content (AvgIpc) is 2.98. The van der Waals surface area contributed by atoms with E-state index in [1.807, 2.05) is 11.9 Å². The molecule has 2 rings (SSSR count). The Morgan fingerprint density at radius 3 is 3.18 bits per heavy atom. The van der Waals surface area contributed by atoms with Gasteiger partial charge >= 0.3 is 0 Å². The molecule has 0 spiro atoms. The Hall–Kier alpha value is -0.940. The Labute approximate surface area is 106 Å². The van der Waals surface area contributed by atoms with Crippen LogP contribution in [0, 0.1) is 0 Å². The van der Waals surface area contributed by atoms with Gasteiger partial charge in [0.2, 0.25) is 0 Å². The smallest absolute Gasteiger partial charge is 0.265 e. The van der Waals surface area contributed by atoms with Gasteiger partial charge in [0.1, 0.15) is 4.88 Å². The highest BCUT2D eigenvalue weighted by Crippen LogP contribution is 2.18. The number of aryl methyl sites for hydroxylation is 1. The molecule has 0 saturated carbocycles. The van der Waals surface area contributed by atoms with Crippen molar-refractivity contribution in [3.63, 3.8) is 0 Å². The lowest BCUT2D eigenvalue weighted by Gasteiger charge is -2.22. The van der Waals surface area contributed by atoms with Gasteiger partial charge in [-0.3, -0.25) is 4.79 Å². The molecule has 0 radical (unpaired) electrons. The summed E-state index contributed by atoms with van der Waals surface area (Å²) in [4.78, 5) is 19.1. The van der Waals surface area contributed by atoms with E-state index in [4.69, 9.17) is 0 Å². The summed E-state index contributed by atoms with van der Waals surface area (Å²) < 4.78 is 0. The SMILES string of the molecule is CCCc1ncc(C(=O)N(C)C2CCNC2)s1. The first-order valence-electron chi connectivity index (χ1n) is 6.15. The Kier molecular flexibility index (Phi) is 4.12. The molecule has 1 atom stereocenters. The van der Waals surface area contributed by atoms with E-state index in [0.29, 0.717) is 6.04 Å². The summed E-state index contributed by atoms with van der Waals surface area (Å²) in [6.07, 6.45) is 4.80. The molecule has 5 heteroatoms. The van der Waals surface area contributed by atoms with Crippen molar-refractivity contribution in [3.05, 3.63) is 16.1 Å². The number of nitrogens with one attached hydrogen (secondary N) is 1. The van der Waals surface area contributed by atoms with E-state index in [1.165, 1.54) is 11.3 Å². The number of carbonyl (C=O) groups excluding carboxylic acids is 1. The molecule has 2 heterocycles. The summed E-state index contributed by atoms with van der Waals surface area (Å²) >= 11 is 1.53. The van der Waals surface area contributed by atoms with Gasteiger partial charge < -0.3 is 10.2 Å². The minimum Gasteiger partial charge on any atom is -0.337 e. The lowest BCUT2D eigenvalue weighted by molar-refractivity contribution is 0.0748. The van der Waals surface area contributed by atoms with Crippen molar-refractivity contribution in [3.8, 4) is 0 Å². The second-order valence-corrected chi connectivity index (χ2v) is 5.55. The van der Waals surface area contributed by atoms with Crippen LogP contribution in [0.5, 0.6) is 0 Å². The van der Waals surface area contributed by atoms with Gasteiger partial charge in [-0.05, 0) is 25.8 Å². The first-order chi connectivity index (χ1) is 8.22. The van der Waals surface area contributed by atoms with Crippen LogP contribution in [0.25, 0.3) is 0 Å². The summed E-state index contributed by atoms with van der Waals surface area (Å²) in [5.41, 5.74) is 0. The van der Waals surface area contributed by atoms with Gasteiger partial charge in [0.05, 0.1) is 11.2 Å². The molecule has 17 heavy (non-hydrogen) atoms. The Morgan fingerprint density at radius 2 is 2.53 bits per heavy atom. The molecule has 1 aromatic rings. The fourth-order valence-electron chi connectivity index (χ4n) is 2.05. The number of likely N-dealkylation sites (N-methyl/N-ethyl adjacent to an activating group) is 1. The Morgan fingerprint density at radius 1 is 1.71 bits per heavy atom. The molecule has 1 aromatic heterocycles. The zero-order valence-electron chi connectivity index (χ0n) is 10.4. The normalized spacial score (nSPS) is 19.5. The predicted octanol–water partition coefficient (Wildman–Crippen LogP) is 1.53. The van der Waals surface area contributed by atoms with E-state index in [0.717, 1.165) is 42.2 Å². The Balaban J connectivity index is 2.02. The lowest BCUT2D eigenvalue weighted by atomic mass is 10.2. The van der Waals surface area contributed by atoms with Crippen LogP contribution >= 0.6 is 11.3 Å². The number of nitrogens with zero attached hydrogens (tertiary/aromatic N) is 2. The van der Waals surface area contributed by atoms with Crippen molar-refractivity contribution < 1.29 is 4.79 Å². The minimum absolute atomic E-state index is 0.110. The van der Waals surface area contributed by atoms with E-state index >= 15 is 0 Å². The maximum Gasteiger partial charge on any atom is 0.265 e. The third kappa shape index (κ3) is 2.84. The first-order valence-corrected chi connectivity index (χ1v) is 6.96.